The molecule has 2 atom stereocenters. The van der Waals surface area contributed by atoms with Crippen molar-refractivity contribution in [3.05, 3.63) is 131 Å². The minimum atomic E-state index is -4.55. The highest BCUT2D eigenvalue weighted by Gasteiger charge is 2.53. The van der Waals surface area contributed by atoms with E-state index in [1.807, 2.05) is 36.4 Å². The molecular weight excluding hydrogens is 599 g/mol. The third-order valence-corrected chi connectivity index (χ3v) is 7.55. The summed E-state index contributed by atoms with van der Waals surface area (Å²) in [6.45, 7) is 0.0947. The van der Waals surface area contributed by atoms with Gasteiger partial charge in [0.15, 0.2) is 11.6 Å². The van der Waals surface area contributed by atoms with Gasteiger partial charge in [-0.1, -0.05) is 60.7 Å². The highest BCUT2D eigenvalue weighted by molar-refractivity contribution is 6.01. The van der Waals surface area contributed by atoms with Crippen LogP contribution in [0.4, 0.5) is 13.2 Å². The number of nitrogens with one attached hydrogen (secondary N) is 2. The number of aliphatic hydroxyl groups is 1. The topological polar surface area (TPSA) is 101 Å². The quantitative estimate of drug-likeness (QED) is 0.127. The number of benzene rings is 4. The lowest BCUT2D eigenvalue weighted by Crippen LogP contribution is -2.53. The Morgan fingerprint density at radius 3 is 2.41 bits per heavy atom. The lowest BCUT2D eigenvalue weighted by molar-refractivity contribution is -0.138. The van der Waals surface area contributed by atoms with Crippen LogP contribution in [0.3, 0.4) is 0 Å². The van der Waals surface area contributed by atoms with Crippen molar-refractivity contribution in [1.82, 2.24) is 10.9 Å². The van der Waals surface area contributed by atoms with Crippen LogP contribution in [0.15, 0.2) is 108 Å². The molecule has 11 heteroatoms. The summed E-state index contributed by atoms with van der Waals surface area (Å²) in [6.07, 6.45) is -4.87. The second-order valence-corrected chi connectivity index (χ2v) is 10.7. The van der Waals surface area contributed by atoms with Gasteiger partial charge >= 0.3 is 6.18 Å². The predicted molar refractivity (Wildman–Crippen MR) is 166 cm³/mol. The van der Waals surface area contributed by atoms with Crippen LogP contribution in [0.1, 0.15) is 40.3 Å². The Labute approximate surface area is 264 Å². The number of methoxy groups -OCH3 is 1. The molecule has 8 nitrogen and oxygen atoms in total. The molecule has 1 amide bonds. The van der Waals surface area contributed by atoms with Crippen molar-refractivity contribution in [2.45, 2.75) is 37.2 Å². The van der Waals surface area contributed by atoms with Crippen LogP contribution in [0.5, 0.6) is 11.5 Å². The zero-order valence-corrected chi connectivity index (χ0v) is 25.1. The van der Waals surface area contributed by atoms with E-state index in [-0.39, 0.29) is 31.0 Å². The number of aliphatic imine (C=N–C) groups is 1. The number of aliphatic hydroxyl groups excluding tert-OH is 1. The molecule has 3 N–H and O–H groups in total. The molecule has 0 saturated heterocycles. The van der Waals surface area contributed by atoms with Gasteiger partial charge in [0.1, 0.15) is 11.5 Å². The molecule has 4 aromatic carbocycles. The SMILES string of the molecule is COc1cccc([C@@H]2OC(c3ccc(OCCCO)cc3)=N[C@]2(Cc2ccccc2)C(=O)NNCc2ccccc2C(F)(F)F)c1. The summed E-state index contributed by atoms with van der Waals surface area (Å²) in [7, 11) is 1.54. The van der Waals surface area contributed by atoms with Gasteiger partial charge in [0, 0.05) is 31.6 Å². The van der Waals surface area contributed by atoms with Gasteiger partial charge < -0.3 is 19.3 Å². The summed E-state index contributed by atoms with van der Waals surface area (Å²) in [5.74, 6) is 0.766. The summed E-state index contributed by atoms with van der Waals surface area (Å²) in [5.41, 5.74) is 4.96. The molecule has 1 heterocycles. The van der Waals surface area contributed by atoms with Gasteiger partial charge in [-0.3, -0.25) is 10.2 Å². The molecule has 4 aromatic rings. The lowest BCUT2D eigenvalue weighted by Gasteiger charge is -2.31. The van der Waals surface area contributed by atoms with E-state index < -0.39 is 29.3 Å². The highest BCUT2D eigenvalue weighted by atomic mass is 19.4. The Hall–Kier alpha value is -4.87. The summed E-state index contributed by atoms with van der Waals surface area (Å²) in [5, 5.41) is 9.04. The molecule has 46 heavy (non-hydrogen) atoms. The second kappa shape index (κ2) is 14.5. The highest BCUT2D eigenvalue weighted by Crippen LogP contribution is 2.43. The number of amides is 1. The van der Waals surface area contributed by atoms with Crippen molar-refractivity contribution in [3.8, 4) is 11.5 Å². The predicted octanol–water partition coefficient (Wildman–Crippen LogP) is 5.80. The van der Waals surface area contributed by atoms with Crippen LogP contribution in [0.25, 0.3) is 0 Å². The number of hydrazine groups is 1. The van der Waals surface area contributed by atoms with E-state index in [0.29, 0.717) is 35.7 Å². The van der Waals surface area contributed by atoms with Crippen molar-refractivity contribution in [3.63, 3.8) is 0 Å². The maximum absolute atomic E-state index is 14.3. The fourth-order valence-corrected chi connectivity index (χ4v) is 5.27. The molecule has 1 aliphatic rings. The van der Waals surface area contributed by atoms with Gasteiger partial charge in [-0.15, -0.1) is 0 Å². The van der Waals surface area contributed by atoms with Crippen LogP contribution < -0.4 is 20.3 Å². The van der Waals surface area contributed by atoms with E-state index in [2.05, 4.69) is 10.9 Å². The Bertz CT molecular complexity index is 1650. The molecule has 1 aliphatic heterocycles. The maximum atomic E-state index is 14.3. The minimum absolute atomic E-state index is 0.0175. The third-order valence-electron chi connectivity index (χ3n) is 7.55. The van der Waals surface area contributed by atoms with Crippen LogP contribution in [0.2, 0.25) is 0 Å². The standard InChI is InChI=1S/C35H34F3N3O5/c1-44-29-13-7-12-26(21-29)31-34(22-24-9-3-2-4-10-24,33(43)41-39-23-27-11-5-6-14-30(27)35(36,37)38)40-32(46-31)25-15-17-28(18-16-25)45-20-8-19-42/h2-7,9-18,21,31,39,42H,8,19-20,22-23H2,1H3,(H,41,43)/t31-,34-/m0/s1. The minimum Gasteiger partial charge on any atom is -0.497 e. The van der Waals surface area contributed by atoms with Gasteiger partial charge in [0.2, 0.25) is 5.90 Å². The smallest absolute Gasteiger partial charge is 0.416 e. The van der Waals surface area contributed by atoms with Gasteiger partial charge in [-0.05, 0) is 59.2 Å². The van der Waals surface area contributed by atoms with Gasteiger partial charge in [-0.2, -0.15) is 13.2 Å². The van der Waals surface area contributed by atoms with Crippen molar-refractivity contribution < 1.29 is 37.3 Å². The second-order valence-electron chi connectivity index (χ2n) is 10.7. The number of alkyl halides is 3. The van der Waals surface area contributed by atoms with Crippen LogP contribution in [-0.2, 0) is 28.7 Å². The average Bonchev–Trinajstić information content (AvgIpc) is 3.46. The van der Waals surface area contributed by atoms with Crippen molar-refractivity contribution >= 4 is 11.8 Å². The van der Waals surface area contributed by atoms with E-state index in [0.717, 1.165) is 11.6 Å². The number of carbonyl (C=O) groups excluding carboxylic acids is 1. The zero-order chi connectivity index (χ0) is 32.6. The molecule has 0 aliphatic carbocycles. The number of halogens is 3. The van der Waals surface area contributed by atoms with E-state index in [9.17, 15) is 18.0 Å². The number of hydrogen-bond donors (Lipinski definition) is 3. The Morgan fingerprint density at radius 2 is 1.70 bits per heavy atom. The van der Waals surface area contributed by atoms with Crippen LogP contribution >= 0.6 is 0 Å². The van der Waals surface area contributed by atoms with Crippen LogP contribution in [-0.4, -0.2) is 42.8 Å². The molecule has 0 bridgehead atoms. The first-order chi connectivity index (χ1) is 22.2. The van der Waals surface area contributed by atoms with Crippen molar-refractivity contribution in [1.29, 1.82) is 0 Å². The molecule has 5 rings (SSSR count). The molecule has 0 spiro atoms. The summed E-state index contributed by atoms with van der Waals surface area (Å²) >= 11 is 0. The zero-order valence-electron chi connectivity index (χ0n) is 25.1. The number of hydrogen-bond acceptors (Lipinski definition) is 7. The largest absolute Gasteiger partial charge is 0.497 e. The van der Waals surface area contributed by atoms with E-state index in [1.165, 1.54) is 25.3 Å². The molecule has 0 fully saturated rings. The fourth-order valence-electron chi connectivity index (χ4n) is 5.27. The number of nitrogens with zero attached hydrogens (tertiary/aromatic N) is 1. The van der Waals surface area contributed by atoms with Crippen molar-refractivity contribution in [2.75, 3.05) is 20.3 Å². The fraction of sp³-hybridized carbons (Fsp3) is 0.257. The third kappa shape index (κ3) is 7.49. The number of carbonyl (C=O) groups is 1. The summed E-state index contributed by atoms with van der Waals surface area (Å²) < 4.78 is 58.4. The Morgan fingerprint density at radius 1 is 0.957 bits per heavy atom. The van der Waals surface area contributed by atoms with Gasteiger partial charge in [-0.25, -0.2) is 10.4 Å². The number of ether oxygens (including phenoxy) is 3. The average molecular weight is 634 g/mol. The monoisotopic (exact) mass is 633 g/mol. The number of rotatable bonds is 13. The summed E-state index contributed by atoms with van der Waals surface area (Å²) in [6, 6.07) is 28.6. The maximum Gasteiger partial charge on any atom is 0.416 e. The lowest BCUT2D eigenvalue weighted by atomic mass is 9.82. The first-order valence-corrected chi connectivity index (χ1v) is 14.7. The molecule has 0 radical (unpaired) electrons. The first-order valence-electron chi connectivity index (χ1n) is 14.7. The molecule has 240 valence electrons. The molecule has 0 saturated carbocycles. The van der Waals surface area contributed by atoms with Crippen LogP contribution in [0, 0.1) is 0 Å². The molecular formula is C35H34F3N3O5. The Balaban J connectivity index is 1.51. The molecule has 0 unspecified atom stereocenters. The van der Waals surface area contributed by atoms with E-state index in [1.54, 1.807) is 42.5 Å². The van der Waals surface area contributed by atoms with E-state index in [4.69, 9.17) is 24.3 Å². The van der Waals surface area contributed by atoms with Crippen molar-refractivity contribution in [2.24, 2.45) is 4.99 Å². The van der Waals surface area contributed by atoms with E-state index >= 15 is 0 Å². The normalized spacial score (nSPS) is 17.6. The van der Waals surface area contributed by atoms with Gasteiger partial charge in [0.25, 0.3) is 5.91 Å². The molecule has 0 aromatic heterocycles. The summed E-state index contributed by atoms with van der Waals surface area (Å²) in [4.78, 5) is 19.2. The van der Waals surface area contributed by atoms with Gasteiger partial charge in [0.05, 0.1) is 19.3 Å². The first kappa shape index (κ1) is 32.5. The Kier molecular flexibility index (Phi) is 10.2.